The molecule has 0 amide bonds. The maximum Gasteiger partial charge on any atom is 0.145 e. The fourth-order valence-corrected chi connectivity index (χ4v) is 1.89. The molecule has 2 rings (SSSR count). The van der Waals surface area contributed by atoms with Crippen molar-refractivity contribution in [2.75, 3.05) is 5.73 Å². The van der Waals surface area contributed by atoms with Crippen molar-refractivity contribution in [3.8, 4) is 0 Å². The molecule has 15 heavy (non-hydrogen) atoms. The Bertz CT molecular complexity index is 476. The molecule has 1 heterocycles. The first kappa shape index (κ1) is 10.2. The molecule has 3 nitrogen and oxygen atoms in total. The van der Waals surface area contributed by atoms with Crippen molar-refractivity contribution in [2.45, 2.75) is 13.5 Å². The van der Waals surface area contributed by atoms with Gasteiger partial charge in [0.15, 0.2) is 0 Å². The highest BCUT2D eigenvalue weighted by Crippen LogP contribution is 2.17. The van der Waals surface area contributed by atoms with Crippen LogP contribution in [0.15, 0.2) is 34.8 Å². The highest BCUT2D eigenvalue weighted by Gasteiger charge is 2.04. The average Bonchev–Trinajstić information content (AvgIpc) is 2.49. The molecule has 1 aromatic carbocycles. The van der Waals surface area contributed by atoms with Crippen LogP contribution < -0.4 is 5.73 Å². The number of benzene rings is 1. The summed E-state index contributed by atoms with van der Waals surface area (Å²) in [6.07, 6.45) is 0. The zero-order valence-corrected chi connectivity index (χ0v) is 10.0. The fraction of sp³-hybridized carbons (Fsp3) is 0.182. The van der Waals surface area contributed by atoms with E-state index in [1.807, 2.05) is 35.9 Å². The highest BCUT2D eigenvalue weighted by molar-refractivity contribution is 9.10. The van der Waals surface area contributed by atoms with Crippen molar-refractivity contribution in [3.05, 3.63) is 46.1 Å². The van der Waals surface area contributed by atoms with Gasteiger partial charge in [0, 0.05) is 16.2 Å². The van der Waals surface area contributed by atoms with Crippen LogP contribution in [0.1, 0.15) is 11.3 Å². The van der Waals surface area contributed by atoms with Crippen molar-refractivity contribution in [1.29, 1.82) is 0 Å². The average molecular weight is 266 g/mol. The Morgan fingerprint density at radius 2 is 2.13 bits per heavy atom. The van der Waals surface area contributed by atoms with E-state index in [0.717, 1.165) is 16.7 Å². The monoisotopic (exact) mass is 265 g/mol. The molecule has 2 aromatic rings. The first-order valence-electron chi connectivity index (χ1n) is 4.70. The topological polar surface area (TPSA) is 43.8 Å². The van der Waals surface area contributed by atoms with Crippen molar-refractivity contribution < 1.29 is 0 Å². The predicted octanol–water partition coefficient (Wildman–Crippen LogP) is 2.58. The largest absolute Gasteiger partial charge is 0.382 e. The Morgan fingerprint density at radius 1 is 1.40 bits per heavy atom. The van der Waals surface area contributed by atoms with Gasteiger partial charge in [-0.05, 0) is 18.6 Å². The SMILES string of the molecule is Cc1cc(N)nn1Cc1ccccc1Br. The van der Waals surface area contributed by atoms with Crippen molar-refractivity contribution in [2.24, 2.45) is 0 Å². The quantitative estimate of drug-likeness (QED) is 0.907. The van der Waals surface area contributed by atoms with E-state index in [1.165, 1.54) is 5.56 Å². The van der Waals surface area contributed by atoms with E-state index >= 15 is 0 Å². The number of aryl methyl sites for hydroxylation is 1. The summed E-state index contributed by atoms with van der Waals surface area (Å²) in [4.78, 5) is 0. The number of aromatic nitrogens is 2. The molecule has 0 saturated carbocycles. The number of nitrogens with two attached hydrogens (primary N) is 1. The smallest absolute Gasteiger partial charge is 0.145 e. The summed E-state index contributed by atoms with van der Waals surface area (Å²) in [5.41, 5.74) is 7.90. The van der Waals surface area contributed by atoms with E-state index in [4.69, 9.17) is 5.73 Å². The number of anilines is 1. The van der Waals surface area contributed by atoms with Gasteiger partial charge in [-0.15, -0.1) is 0 Å². The molecule has 0 aliphatic rings. The van der Waals surface area contributed by atoms with Gasteiger partial charge in [0.2, 0.25) is 0 Å². The zero-order valence-electron chi connectivity index (χ0n) is 8.44. The number of nitrogen functional groups attached to an aromatic ring is 1. The zero-order chi connectivity index (χ0) is 10.8. The van der Waals surface area contributed by atoms with E-state index in [1.54, 1.807) is 0 Å². The lowest BCUT2D eigenvalue weighted by Gasteiger charge is -2.06. The molecular formula is C11H12BrN3. The molecule has 0 unspecified atom stereocenters. The van der Waals surface area contributed by atoms with Crippen LogP contribution in [0.4, 0.5) is 5.82 Å². The first-order valence-corrected chi connectivity index (χ1v) is 5.49. The lowest BCUT2D eigenvalue weighted by atomic mass is 10.2. The number of rotatable bonds is 2. The van der Waals surface area contributed by atoms with Crippen LogP contribution in [-0.4, -0.2) is 9.78 Å². The lowest BCUT2D eigenvalue weighted by molar-refractivity contribution is 0.666. The Hall–Kier alpha value is -1.29. The number of halogens is 1. The van der Waals surface area contributed by atoms with Crippen LogP contribution in [-0.2, 0) is 6.54 Å². The van der Waals surface area contributed by atoms with E-state index < -0.39 is 0 Å². The Balaban J connectivity index is 2.29. The number of nitrogens with zero attached hydrogens (tertiary/aromatic N) is 2. The predicted molar refractivity (Wildman–Crippen MR) is 64.6 cm³/mol. The third-order valence-electron chi connectivity index (χ3n) is 2.28. The minimum absolute atomic E-state index is 0.569. The Morgan fingerprint density at radius 3 is 2.73 bits per heavy atom. The standard InChI is InChI=1S/C11H12BrN3/c1-8-6-11(13)14-15(8)7-9-4-2-3-5-10(9)12/h2-6H,7H2,1H3,(H2,13,14). The third kappa shape index (κ3) is 2.21. The second-order valence-corrected chi connectivity index (χ2v) is 4.31. The molecule has 2 N–H and O–H groups in total. The van der Waals surface area contributed by atoms with Gasteiger partial charge in [0.25, 0.3) is 0 Å². The number of hydrogen-bond acceptors (Lipinski definition) is 2. The van der Waals surface area contributed by atoms with Gasteiger partial charge in [-0.2, -0.15) is 5.10 Å². The molecule has 0 saturated heterocycles. The molecule has 4 heteroatoms. The van der Waals surface area contributed by atoms with Crippen molar-refractivity contribution in [3.63, 3.8) is 0 Å². The maximum absolute atomic E-state index is 5.63. The summed E-state index contributed by atoms with van der Waals surface area (Å²) in [6, 6.07) is 9.98. The molecule has 0 spiro atoms. The summed E-state index contributed by atoms with van der Waals surface area (Å²) < 4.78 is 2.99. The molecule has 0 aliphatic carbocycles. The first-order chi connectivity index (χ1) is 7.16. The third-order valence-corrected chi connectivity index (χ3v) is 3.05. The van der Waals surface area contributed by atoms with Gasteiger partial charge in [0.1, 0.15) is 5.82 Å². The van der Waals surface area contributed by atoms with Gasteiger partial charge in [-0.1, -0.05) is 34.1 Å². The van der Waals surface area contributed by atoms with E-state index in [2.05, 4.69) is 27.1 Å². The normalized spacial score (nSPS) is 10.5. The van der Waals surface area contributed by atoms with Gasteiger partial charge in [0.05, 0.1) is 6.54 Å². The van der Waals surface area contributed by atoms with Gasteiger partial charge in [-0.3, -0.25) is 4.68 Å². The van der Waals surface area contributed by atoms with E-state index in [0.29, 0.717) is 5.82 Å². The van der Waals surface area contributed by atoms with Crippen LogP contribution in [0.3, 0.4) is 0 Å². The number of hydrogen-bond donors (Lipinski definition) is 1. The van der Waals surface area contributed by atoms with E-state index in [9.17, 15) is 0 Å². The maximum atomic E-state index is 5.63. The minimum atomic E-state index is 0.569. The van der Waals surface area contributed by atoms with Crippen LogP contribution in [0, 0.1) is 6.92 Å². The van der Waals surface area contributed by atoms with E-state index in [-0.39, 0.29) is 0 Å². The van der Waals surface area contributed by atoms with Gasteiger partial charge in [-0.25, -0.2) is 0 Å². The second-order valence-electron chi connectivity index (χ2n) is 3.46. The molecular weight excluding hydrogens is 254 g/mol. The van der Waals surface area contributed by atoms with Crippen LogP contribution >= 0.6 is 15.9 Å². The summed E-state index contributed by atoms with van der Waals surface area (Å²) >= 11 is 3.51. The lowest BCUT2D eigenvalue weighted by Crippen LogP contribution is -2.04. The van der Waals surface area contributed by atoms with Gasteiger partial charge >= 0.3 is 0 Å². The second kappa shape index (κ2) is 4.06. The van der Waals surface area contributed by atoms with Gasteiger partial charge < -0.3 is 5.73 Å². The summed E-state index contributed by atoms with van der Waals surface area (Å²) in [7, 11) is 0. The highest BCUT2D eigenvalue weighted by atomic mass is 79.9. The molecule has 0 aliphatic heterocycles. The van der Waals surface area contributed by atoms with Crippen molar-refractivity contribution >= 4 is 21.7 Å². The Labute approximate surface area is 97.0 Å². The Kier molecular flexibility index (Phi) is 2.77. The summed E-state index contributed by atoms with van der Waals surface area (Å²) in [6.45, 7) is 2.74. The van der Waals surface area contributed by atoms with Crippen LogP contribution in [0.5, 0.6) is 0 Å². The summed E-state index contributed by atoms with van der Waals surface area (Å²) in [5.74, 6) is 0.569. The summed E-state index contributed by atoms with van der Waals surface area (Å²) in [5, 5.41) is 4.22. The molecule has 0 atom stereocenters. The molecule has 0 fully saturated rings. The molecule has 1 aromatic heterocycles. The molecule has 0 bridgehead atoms. The van der Waals surface area contributed by atoms with Crippen molar-refractivity contribution in [1.82, 2.24) is 9.78 Å². The van der Waals surface area contributed by atoms with Crippen LogP contribution in [0.25, 0.3) is 0 Å². The fourth-order valence-electron chi connectivity index (χ4n) is 1.48. The van der Waals surface area contributed by atoms with Crippen LogP contribution in [0.2, 0.25) is 0 Å². The molecule has 78 valence electrons. The minimum Gasteiger partial charge on any atom is -0.382 e. The molecule has 0 radical (unpaired) electrons.